The molecule has 1 atom stereocenters. The Hall–Kier alpha value is -1.16. The van der Waals surface area contributed by atoms with Gasteiger partial charge in [-0.05, 0) is 17.7 Å². The van der Waals surface area contributed by atoms with Gasteiger partial charge in [-0.3, -0.25) is 4.99 Å². The summed E-state index contributed by atoms with van der Waals surface area (Å²) in [5, 5.41) is 1.21. The van der Waals surface area contributed by atoms with E-state index in [1.54, 1.807) is 0 Å². The lowest BCUT2D eigenvalue weighted by Crippen LogP contribution is -2.21. The van der Waals surface area contributed by atoms with Crippen molar-refractivity contribution in [2.24, 2.45) is 4.99 Å². The van der Waals surface area contributed by atoms with Gasteiger partial charge in [-0.25, -0.2) is 0 Å². The molecule has 4 heteroatoms. The zero-order valence-corrected chi connectivity index (χ0v) is 9.20. The van der Waals surface area contributed by atoms with Crippen molar-refractivity contribution in [1.82, 2.24) is 4.90 Å². The molecule has 1 aromatic carbocycles. The SMILES string of the molecule is Nc1cccc(C2CN3CCSC3=N2)c1. The molecule has 78 valence electrons. The number of fused-ring (bicyclic) bond motifs is 1. The zero-order chi connectivity index (χ0) is 10.3. The van der Waals surface area contributed by atoms with Crippen LogP contribution >= 0.6 is 11.8 Å². The van der Waals surface area contributed by atoms with E-state index in [9.17, 15) is 0 Å². The second kappa shape index (κ2) is 3.45. The summed E-state index contributed by atoms with van der Waals surface area (Å²) in [7, 11) is 0. The highest BCUT2D eigenvalue weighted by Gasteiger charge is 2.29. The minimum Gasteiger partial charge on any atom is -0.399 e. The topological polar surface area (TPSA) is 41.6 Å². The quantitative estimate of drug-likeness (QED) is 0.731. The van der Waals surface area contributed by atoms with Crippen LogP contribution in [0, 0.1) is 0 Å². The van der Waals surface area contributed by atoms with E-state index in [2.05, 4.69) is 11.0 Å². The highest BCUT2D eigenvalue weighted by Crippen LogP contribution is 2.32. The summed E-state index contributed by atoms with van der Waals surface area (Å²) < 4.78 is 0. The van der Waals surface area contributed by atoms with Gasteiger partial charge in [0.05, 0.1) is 6.04 Å². The summed E-state index contributed by atoms with van der Waals surface area (Å²) in [6, 6.07) is 8.35. The third kappa shape index (κ3) is 1.59. The van der Waals surface area contributed by atoms with E-state index in [-0.39, 0.29) is 6.04 Å². The molecule has 3 nitrogen and oxygen atoms in total. The van der Waals surface area contributed by atoms with Gasteiger partial charge in [0.25, 0.3) is 0 Å². The lowest BCUT2D eigenvalue weighted by atomic mass is 10.1. The first-order valence-corrected chi connectivity index (χ1v) is 6.12. The fraction of sp³-hybridized carbons (Fsp3) is 0.364. The van der Waals surface area contributed by atoms with Crippen molar-refractivity contribution < 1.29 is 0 Å². The van der Waals surface area contributed by atoms with E-state index in [1.807, 2.05) is 30.0 Å². The predicted molar refractivity (Wildman–Crippen MR) is 65.1 cm³/mol. The number of rotatable bonds is 1. The first-order valence-electron chi connectivity index (χ1n) is 5.14. The Labute approximate surface area is 93.4 Å². The summed E-state index contributed by atoms with van der Waals surface area (Å²) >= 11 is 1.86. The van der Waals surface area contributed by atoms with E-state index >= 15 is 0 Å². The number of nitrogens with zero attached hydrogens (tertiary/aromatic N) is 2. The van der Waals surface area contributed by atoms with Crippen LogP contribution in [0.2, 0.25) is 0 Å². The Morgan fingerprint density at radius 2 is 2.40 bits per heavy atom. The summed E-state index contributed by atoms with van der Waals surface area (Å²) in [5.74, 6) is 1.18. The second-order valence-corrected chi connectivity index (χ2v) is 4.95. The minimum absolute atomic E-state index is 0.288. The van der Waals surface area contributed by atoms with Gasteiger partial charge in [0.2, 0.25) is 0 Å². The maximum atomic E-state index is 5.77. The van der Waals surface area contributed by atoms with Crippen molar-refractivity contribution in [2.75, 3.05) is 24.6 Å². The van der Waals surface area contributed by atoms with Crippen molar-refractivity contribution in [3.05, 3.63) is 29.8 Å². The molecule has 2 N–H and O–H groups in total. The molecule has 0 aromatic heterocycles. The van der Waals surface area contributed by atoms with Crippen LogP contribution in [0.15, 0.2) is 29.3 Å². The molecule has 1 saturated heterocycles. The Kier molecular flexibility index (Phi) is 2.09. The molecule has 2 heterocycles. The maximum Gasteiger partial charge on any atom is 0.160 e. The van der Waals surface area contributed by atoms with Gasteiger partial charge >= 0.3 is 0 Å². The number of benzene rings is 1. The number of nitrogens with two attached hydrogens (primary N) is 1. The molecule has 3 rings (SSSR count). The summed E-state index contributed by atoms with van der Waals surface area (Å²) in [5.41, 5.74) is 7.83. The molecule has 1 fully saturated rings. The lowest BCUT2D eigenvalue weighted by molar-refractivity contribution is 0.464. The molecule has 0 saturated carbocycles. The fourth-order valence-corrected chi connectivity index (χ4v) is 3.10. The van der Waals surface area contributed by atoms with Crippen LogP contribution in [0.3, 0.4) is 0 Å². The number of amidine groups is 1. The average Bonchev–Trinajstić information content (AvgIpc) is 2.76. The van der Waals surface area contributed by atoms with Gasteiger partial charge in [-0.2, -0.15) is 0 Å². The monoisotopic (exact) mass is 219 g/mol. The maximum absolute atomic E-state index is 5.77. The minimum atomic E-state index is 0.288. The predicted octanol–water partition coefficient (Wildman–Crippen LogP) is 1.73. The van der Waals surface area contributed by atoms with Crippen LogP contribution in [-0.4, -0.2) is 28.9 Å². The first kappa shape index (κ1) is 9.09. The molecule has 0 bridgehead atoms. The first-order chi connectivity index (χ1) is 7.33. The van der Waals surface area contributed by atoms with Crippen molar-refractivity contribution in [1.29, 1.82) is 0 Å². The third-order valence-electron chi connectivity index (χ3n) is 2.82. The van der Waals surface area contributed by atoms with E-state index < -0.39 is 0 Å². The number of aliphatic imine (C=N–C) groups is 1. The fourth-order valence-electron chi connectivity index (χ4n) is 2.05. The Bertz CT molecular complexity index is 416. The molecular formula is C11H13N3S. The molecule has 15 heavy (non-hydrogen) atoms. The number of anilines is 1. The van der Waals surface area contributed by atoms with Crippen LogP contribution in [0.4, 0.5) is 5.69 Å². The standard InChI is InChI=1S/C11H13N3S/c12-9-3-1-2-8(6-9)10-7-14-4-5-15-11(14)13-10/h1-3,6,10H,4-5,7,12H2. The summed E-state index contributed by atoms with van der Waals surface area (Å²) in [6.07, 6.45) is 0. The molecule has 1 aromatic rings. The number of thioether (sulfide) groups is 1. The van der Waals surface area contributed by atoms with Crippen LogP contribution in [-0.2, 0) is 0 Å². The van der Waals surface area contributed by atoms with Gasteiger partial charge in [0.1, 0.15) is 0 Å². The zero-order valence-electron chi connectivity index (χ0n) is 8.39. The molecule has 0 aliphatic carbocycles. The number of nitrogen functional groups attached to an aromatic ring is 1. The Morgan fingerprint density at radius 3 is 3.20 bits per heavy atom. The largest absolute Gasteiger partial charge is 0.399 e. The van der Waals surface area contributed by atoms with Crippen molar-refractivity contribution in [2.45, 2.75) is 6.04 Å². The van der Waals surface area contributed by atoms with E-state index in [0.29, 0.717) is 0 Å². The molecule has 1 unspecified atom stereocenters. The molecule has 0 spiro atoms. The van der Waals surface area contributed by atoms with Gasteiger partial charge in [0, 0.05) is 24.5 Å². The van der Waals surface area contributed by atoms with Gasteiger partial charge < -0.3 is 10.6 Å². The van der Waals surface area contributed by atoms with E-state index in [4.69, 9.17) is 10.7 Å². The summed E-state index contributed by atoms with van der Waals surface area (Å²) in [4.78, 5) is 7.07. The number of hydrogen-bond donors (Lipinski definition) is 1. The smallest absolute Gasteiger partial charge is 0.160 e. The normalized spacial score (nSPS) is 24.1. The van der Waals surface area contributed by atoms with Crippen molar-refractivity contribution in [3.8, 4) is 0 Å². The highest BCUT2D eigenvalue weighted by molar-refractivity contribution is 8.14. The van der Waals surface area contributed by atoms with Crippen LogP contribution in [0.1, 0.15) is 11.6 Å². The summed E-state index contributed by atoms with van der Waals surface area (Å²) in [6.45, 7) is 2.16. The van der Waals surface area contributed by atoms with Crippen LogP contribution in [0.25, 0.3) is 0 Å². The van der Waals surface area contributed by atoms with Gasteiger partial charge in [-0.15, -0.1) is 0 Å². The second-order valence-electron chi connectivity index (χ2n) is 3.89. The van der Waals surface area contributed by atoms with Crippen LogP contribution in [0.5, 0.6) is 0 Å². The van der Waals surface area contributed by atoms with Gasteiger partial charge in [-0.1, -0.05) is 23.9 Å². The number of hydrogen-bond acceptors (Lipinski definition) is 4. The molecule has 0 radical (unpaired) electrons. The van der Waals surface area contributed by atoms with Crippen molar-refractivity contribution in [3.63, 3.8) is 0 Å². The Balaban J connectivity index is 1.88. The Morgan fingerprint density at radius 1 is 1.47 bits per heavy atom. The molecule has 0 amide bonds. The third-order valence-corrected chi connectivity index (χ3v) is 3.83. The van der Waals surface area contributed by atoms with Crippen molar-refractivity contribution >= 4 is 22.6 Å². The lowest BCUT2D eigenvalue weighted by Gasteiger charge is -2.12. The molecular weight excluding hydrogens is 206 g/mol. The van der Waals surface area contributed by atoms with E-state index in [0.717, 1.165) is 18.8 Å². The van der Waals surface area contributed by atoms with E-state index in [1.165, 1.54) is 16.5 Å². The molecule has 2 aliphatic rings. The van der Waals surface area contributed by atoms with Crippen LogP contribution < -0.4 is 5.73 Å². The van der Waals surface area contributed by atoms with Gasteiger partial charge in [0.15, 0.2) is 5.17 Å². The highest BCUT2D eigenvalue weighted by atomic mass is 32.2. The average molecular weight is 219 g/mol. The molecule has 2 aliphatic heterocycles.